The standard InChI is InChI=1S/C13H20N2O3S/c1-4-18-10-5-13(17,12(10,2)3)7-14-11(16)9-6-19-8-15-9/h6,8,10,17H,4-5,7H2,1-3H3,(H,14,16)/t10-,13+/m0/s1. The van der Waals surface area contributed by atoms with Gasteiger partial charge in [-0.1, -0.05) is 13.8 Å². The van der Waals surface area contributed by atoms with Gasteiger partial charge < -0.3 is 15.2 Å². The largest absolute Gasteiger partial charge is 0.387 e. The van der Waals surface area contributed by atoms with Gasteiger partial charge in [-0.3, -0.25) is 4.79 Å². The quantitative estimate of drug-likeness (QED) is 0.858. The number of nitrogens with one attached hydrogen (secondary N) is 1. The molecular formula is C13H20N2O3S. The van der Waals surface area contributed by atoms with Crippen LogP contribution in [0.1, 0.15) is 37.7 Å². The highest BCUT2D eigenvalue weighted by atomic mass is 32.1. The van der Waals surface area contributed by atoms with Gasteiger partial charge >= 0.3 is 0 Å². The minimum absolute atomic E-state index is 0.0404. The van der Waals surface area contributed by atoms with Crippen molar-refractivity contribution in [2.45, 2.75) is 38.9 Å². The zero-order valence-electron chi connectivity index (χ0n) is 11.5. The van der Waals surface area contributed by atoms with Crippen LogP contribution in [0.2, 0.25) is 0 Å². The number of aliphatic hydroxyl groups is 1. The predicted molar refractivity (Wildman–Crippen MR) is 73.2 cm³/mol. The van der Waals surface area contributed by atoms with Gasteiger partial charge in [0.15, 0.2) is 0 Å². The summed E-state index contributed by atoms with van der Waals surface area (Å²) in [6.07, 6.45) is 0.587. The van der Waals surface area contributed by atoms with Gasteiger partial charge in [0.25, 0.3) is 5.91 Å². The fraction of sp³-hybridized carbons (Fsp3) is 0.692. The summed E-state index contributed by atoms with van der Waals surface area (Å²) >= 11 is 1.37. The van der Waals surface area contributed by atoms with Crippen molar-refractivity contribution in [1.82, 2.24) is 10.3 Å². The first-order valence-electron chi connectivity index (χ1n) is 6.41. The van der Waals surface area contributed by atoms with Gasteiger partial charge in [0.1, 0.15) is 5.69 Å². The molecule has 1 aliphatic rings. The van der Waals surface area contributed by atoms with Crippen molar-refractivity contribution in [3.63, 3.8) is 0 Å². The number of hydrogen-bond acceptors (Lipinski definition) is 5. The van der Waals surface area contributed by atoms with Gasteiger partial charge in [-0.05, 0) is 6.92 Å². The van der Waals surface area contributed by atoms with Crippen LogP contribution in [-0.2, 0) is 4.74 Å². The number of carbonyl (C=O) groups excluding carboxylic acids is 1. The van der Waals surface area contributed by atoms with Crippen molar-refractivity contribution in [1.29, 1.82) is 0 Å². The van der Waals surface area contributed by atoms with Gasteiger partial charge in [0.05, 0.1) is 17.2 Å². The van der Waals surface area contributed by atoms with Gasteiger partial charge in [-0.25, -0.2) is 4.98 Å². The lowest BCUT2D eigenvalue weighted by atomic mass is 9.56. The zero-order valence-corrected chi connectivity index (χ0v) is 12.3. The van der Waals surface area contributed by atoms with Gasteiger partial charge in [0.2, 0.25) is 0 Å². The topological polar surface area (TPSA) is 71.5 Å². The molecule has 0 aliphatic heterocycles. The molecule has 5 nitrogen and oxygen atoms in total. The third kappa shape index (κ3) is 2.52. The Hall–Kier alpha value is -0.980. The maximum absolute atomic E-state index is 11.8. The summed E-state index contributed by atoms with van der Waals surface area (Å²) in [6.45, 7) is 6.73. The number of ether oxygens (including phenoxy) is 1. The van der Waals surface area contributed by atoms with Crippen LogP contribution in [0.3, 0.4) is 0 Å². The highest BCUT2D eigenvalue weighted by Gasteiger charge is 2.59. The summed E-state index contributed by atoms with van der Waals surface area (Å²) in [7, 11) is 0. The van der Waals surface area contributed by atoms with E-state index in [4.69, 9.17) is 4.74 Å². The summed E-state index contributed by atoms with van der Waals surface area (Å²) in [6, 6.07) is 0. The minimum Gasteiger partial charge on any atom is -0.387 e. The average molecular weight is 284 g/mol. The summed E-state index contributed by atoms with van der Waals surface area (Å²) in [4.78, 5) is 15.7. The molecular weight excluding hydrogens is 264 g/mol. The second kappa shape index (κ2) is 5.19. The SMILES string of the molecule is CCO[C@H]1C[C@@](O)(CNC(=O)c2cscn2)C1(C)C. The number of amides is 1. The Morgan fingerprint density at radius 3 is 2.95 bits per heavy atom. The molecule has 1 heterocycles. The van der Waals surface area contributed by atoms with Crippen LogP contribution in [0.5, 0.6) is 0 Å². The second-order valence-corrected chi connectivity index (χ2v) is 6.18. The molecule has 1 saturated carbocycles. The van der Waals surface area contributed by atoms with E-state index in [1.807, 2.05) is 20.8 Å². The molecule has 2 atom stereocenters. The number of aromatic nitrogens is 1. The van der Waals surface area contributed by atoms with E-state index >= 15 is 0 Å². The molecule has 106 valence electrons. The first-order chi connectivity index (χ1) is 8.90. The molecule has 0 unspecified atom stereocenters. The van der Waals surface area contributed by atoms with Crippen LogP contribution in [0.25, 0.3) is 0 Å². The Labute approximate surface area is 117 Å². The highest BCUT2D eigenvalue weighted by molar-refractivity contribution is 7.07. The summed E-state index contributed by atoms with van der Waals surface area (Å²) in [5, 5.41) is 15.0. The van der Waals surface area contributed by atoms with Crippen LogP contribution >= 0.6 is 11.3 Å². The fourth-order valence-corrected chi connectivity index (χ4v) is 2.94. The molecule has 1 fully saturated rings. The molecule has 1 aromatic heterocycles. The van der Waals surface area contributed by atoms with Crippen LogP contribution < -0.4 is 5.32 Å². The van der Waals surface area contributed by atoms with E-state index in [0.717, 1.165) is 0 Å². The predicted octanol–water partition coefficient (Wildman–Crippen LogP) is 1.44. The van der Waals surface area contributed by atoms with Gasteiger partial charge in [-0.2, -0.15) is 0 Å². The minimum atomic E-state index is -0.918. The molecule has 2 rings (SSSR count). The number of carbonyl (C=O) groups is 1. The average Bonchev–Trinajstić information content (AvgIpc) is 2.89. The van der Waals surface area contributed by atoms with E-state index in [1.165, 1.54) is 11.3 Å². The Balaban J connectivity index is 1.91. The lowest BCUT2D eigenvalue weighted by Gasteiger charge is -2.57. The van der Waals surface area contributed by atoms with Gasteiger partial charge in [0, 0.05) is 30.4 Å². The summed E-state index contributed by atoms with van der Waals surface area (Å²) in [5.74, 6) is -0.245. The number of rotatable bonds is 5. The first kappa shape index (κ1) is 14.4. The number of thiazole rings is 1. The van der Waals surface area contributed by atoms with E-state index in [0.29, 0.717) is 18.7 Å². The maximum Gasteiger partial charge on any atom is 0.270 e. The molecule has 0 bridgehead atoms. The van der Waals surface area contributed by atoms with Crippen LogP contribution in [0.15, 0.2) is 10.9 Å². The summed E-state index contributed by atoms with van der Waals surface area (Å²) < 4.78 is 5.58. The van der Waals surface area contributed by atoms with Crippen LogP contribution in [0.4, 0.5) is 0 Å². The smallest absolute Gasteiger partial charge is 0.270 e. The number of nitrogens with zero attached hydrogens (tertiary/aromatic N) is 1. The highest BCUT2D eigenvalue weighted by Crippen LogP contribution is 2.50. The molecule has 2 N–H and O–H groups in total. The Morgan fingerprint density at radius 1 is 1.68 bits per heavy atom. The molecule has 0 radical (unpaired) electrons. The van der Waals surface area contributed by atoms with E-state index in [1.54, 1.807) is 10.9 Å². The normalized spacial score (nSPS) is 28.7. The molecule has 0 spiro atoms. The molecule has 1 aromatic rings. The Kier molecular flexibility index (Phi) is 3.94. The molecule has 0 saturated heterocycles. The van der Waals surface area contributed by atoms with Crippen molar-refractivity contribution in [2.24, 2.45) is 5.41 Å². The van der Waals surface area contributed by atoms with E-state index in [9.17, 15) is 9.90 Å². The first-order valence-corrected chi connectivity index (χ1v) is 7.35. The number of hydrogen-bond donors (Lipinski definition) is 2. The van der Waals surface area contributed by atoms with Crippen molar-refractivity contribution < 1.29 is 14.6 Å². The lowest BCUT2D eigenvalue weighted by Crippen LogP contribution is -2.68. The van der Waals surface area contributed by atoms with Gasteiger partial charge in [-0.15, -0.1) is 11.3 Å². The van der Waals surface area contributed by atoms with E-state index in [-0.39, 0.29) is 24.0 Å². The van der Waals surface area contributed by atoms with Crippen molar-refractivity contribution in [2.75, 3.05) is 13.2 Å². The van der Waals surface area contributed by atoms with Crippen LogP contribution in [0, 0.1) is 5.41 Å². The fourth-order valence-electron chi connectivity index (χ4n) is 2.40. The second-order valence-electron chi connectivity index (χ2n) is 5.46. The third-order valence-electron chi connectivity index (χ3n) is 4.10. The van der Waals surface area contributed by atoms with Crippen molar-refractivity contribution in [3.05, 3.63) is 16.6 Å². The Bertz CT molecular complexity index is 447. The zero-order chi connectivity index (χ0) is 14.1. The molecule has 6 heteroatoms. The monoisotopic (exact) mass is 284 g/mol. The van der Waals surface area contributed by atoms with E-state index in [2.05, 4.69) is 10.3 Å². The molecule has 1 amide bonds. The third-order valence-corrected chi connectivity index (χ3v) is 4.69. The van der Waals surface area contributed by atoms with Crippen molar-refractivity contribution >= 4 is 17.2 Å². The summed E-state index contributed by atoms with van der Waals surface area (Å²) in [5.41, 5.74) is 0.728. The van der Waals surface area contributed by atoms with E-state index < -0.39 is 5.60 Å². The van der Waals surface area contributed by atoms with Crippen LogP contribution in [-0.4, -0.2) is 40.9 Å². The Morgan fingerprint density at radius 2 is 2.42 bits per heavy atom. The lowest BCUT2D eigenvalue weighted by molar-refractivity contribution is -0.237. The molecule has 19 heavy (non-hydrogen) atoms. The molecule has 1 aliphatic carbocycles. The molecule has 0 aromatic carbocycles. The van der Waals surface area contributed by atoms with Crippen molar-refractivity contribution in [3.8, 4) is 0 Å². The maximum atomic E-state index is 11.8.